The number of aliphatic hydroxyl groups is 1. The number of hydrogen-bond donors (Lipinski definition) is 3. The van der Waals surface area contributed by atoms with E-state index in [0.29, 0.717) is 0 Å². The quantitative estimate of drug-likeness (QED) is 0.433. The van der Waals surface area contributed by atoms with Crippen LogP contribution in [0.2, 0.25) is 0 Å². The van der Waals surface area contributed by atoms with Crippen molar-refractivity contribution in [2.75, 3.05) is 6.61 Å². The highest BCUT2D eigenvalue weighted by Gasteiger charge is 2.46. The lowest BCUT2D eigenvalue weighted by molar-refractivity contribution is -0.108. The summed E-state index contributed by atoms with van der Waals surface area (Å²) < 4.78 is 21.4. The number of carbonyl (C=O) groups is 1. The SMILES string of the molecule is [O]P(=O)(O)[C@H](CO)[C@H](CC=O)P([O])(=O)O. The van der Waals surface area contributed by atoms with Crippen LogP contribution in [0.15, 0.2) is 0 Å². The predicted molar refractivity (Wildman–Crippen MR) is 46.4 cm³/mol. The molecule has 0 aliphatic heterocycles. The fourth-order valence-corrected chi connectivity index (χ4v) is 3.70. The van der Waals surface area contributed by atoms with Crippen LogP contribution in [0.4, 0.5) is 0 Å². The topological polar surface area (TPSA) is 152 Å². The van der Waals surface area contributed by atoms with Crippen molar-refractivity contribution in [3.8, 4) is 0 Å². The van der Waals surface area contributed by atoms with Crippen molar-refractivity contribution >= 4 is 21.5 Å². The van der Waals surface area contributed by atoms with E-state index in [1.54, 1.807) is 0 Å². The van der Waals surface area contributed by atoms with Crippen LogP contribution in [0.5, 0.6) is 0 Å². The molecule has 0 heterocycles. The molecule has 0 rings (SSSR count). The minimum absolute atomic E-state index is 0.0732. The zero-order valence-corrected chi connectivity index (χ0v) is 9.21. The molecule has 10 heteroatoms. The van der Waals surface area contributed by atoms with E-state index in [2.05, 4.69) is 0 Å². The Hall–Kier alpha value is -0.0700. The second kappa shape index (κ2) is 5.32. The van der Waals surface area contributed by atoms with Gasteiger partial charge in [-0.25, -0.2) is 0 Å². The average molecular weight is 260 g/mol. The first-order valence-electron chi connectivity index (χ1n) is 3.76. The minimum atomic E-state index is -5.15. The van der Waals surface area contributed by atoms with Crippen molar-refractivity contribution in [2.45, 2.75) is 17.7 Å². The number of aldehydes is 1. The third-order valence-electron chi connectivity index (χ3n) is 1.81. The number of aliphatic hydroxyl groups excluding tert-OH is 1. The van der Waals surface area contributed by atoms with E-state index in [0.717, 1.165) is 0 Å². The number of hydrogen-bond acceptors (Lipinski definition) is 4. The highest BCUT2D eigenvalue weighted by Crippen LogP contribution is 2.55. The summed E-state index contributed by atoms with van der Waals surface area (Å²) in [5.41, 5.74) is -4.13. The van der Waals surface area contributed by atoms with Crippen molar-refractivity contribution in [3.63, 3.8) is 0 Å². The molecule has 0 bridgehead atoms. The zero-order valence-electron chi connectivity index (χ0n) is 7.42. The average Bonchev–Trinajstić information content (AvgIpc) is 2.00. The van der Waals surface area contributed by atoms with Crippen LogP contribution in [0.1, 0.15) is 6.42 Å². The molecule has 0 aromatic rings. The van der Waals surface area contributed by atoms with Crippen molar-refractivity contribution in [3.05, 3.63) is 0 Å². The lowest BCUT2D eigenvalue weighted by atomic mass is 10.2. The third kappa shape index (κ3) is 4.53. The van der Waals surface area contributed by atoms with Gasteiger partial charge in [0.25, 0.3) is 0 Å². The molecule has 0 fully saturated rings. The monoisotopic (exact) mass is 260 g/mol. The Morgan fingerprint density at radius 3 is 1.67 bits per heavy atom. The molecule has 2 unspecified atom stereocenters. The molecule has 0 spiro atoms. The summed E-state index contributed by atoms with van der Waals surface area (Å²) >= 11 is 0. The van der Waals surface area contributed by atoms with Gasteiger partial charge < -0.3 is 19.7 Å². The van der Waals surface area contributed by atoms with Crippen LogP contribution in [-0.2, 0) is 23.7 Å². The maximum atomic E-state index is 10.7. The van der Waals surface area contributed by atoms with Gasteiger partial charge in [-0.1, -0.05) is 0 Å². The Balaban J connectivity index is 5.13. The van der Waals surface area contributed by atoms with E-state index >= 15 is 0 Å². The van der Waals surface area contributed by atoms with Gasteiger partial charge in [-0.2, -0.15) is 0 Å². The Morgan fingerprint density at radius 2 is 1.47 bits per heavy atom. The minimum Gasteiger partial charge on any atom is -0.395 e. The highest BCUT2D eigenvalue weighted by atomic mass is 31.2. The largest absolute Gasteiger partial charge is 0.395 e. The number of carbonyl (C=O) groups excluding carboxylic acids is 1. The maximum Gasteiger partial charge on any atom is 0.362 e. The lowest BCUT2D eigenvalue weighted by Crippen LogP contribution is -2.29. The molecule has 0 amide bonds. The summed E-state index contributed by atoms with van der Waals surface area (Å²) in [6.07, 6.45) is -0.751. The van der Waals surface area contributed by atoms with Crippen molar-refractivity contribution in [1.82, 2.24) is 0 Å². The Labute approximate surface area is 85.3 Å². The van der Waals surface area contributed by atoms with Crippen molar-refractivity contribution in [2.24, 2.45) is 0 Å². The molecule has 4 atom stereocenters. The summed E-state index contributed by atoms with van der Waals surface area (Å²) in [5, 5.41) is 8.60. The zero-order chi connectivity index (χ0) is 12.3. The van der Waals surface area contributed by atoms with Crippen LogP contribution < -0.4 is 0 Å². The first kappa shape index (κ1) is 14.9. The molecular formula is C5H10O8P2. The molecule has 88 valence electrons. The van der Waals surface area contributed by atoms with Crippen LogP contribution in [0.3, 0.4) is 0 Å². The molecule has 0 saturated carbocycles. The van der Waals surface area contributed by atoms with E-state index in [-0.39, 0.29) is 6.29 Å². The first-order chi connectivity index (χ1) is 6.64. The van der Waals surface area contributed by atoms with E-state index in [9.17, 15) is 23.7 Å². The normalized spacial score (nSPS) is 17.1. The molecule has 0 aliphatic rings. The molecule has 8 nitrogen and oxygen atoms in total. The van der Waals surface area contributed by atoms with E-state index in [1.165, 1.54) is 0 Å². The Kier molecular flexibility index (Phi) is 5.29. The smallest absolute Gasteiger partial charge is 0.362 e. The molecular weight excluding hydrogens is 250 g/mol. The maximum absolute atomic E-state index is 10.7. The van der Waals surface area contributed by atoms with Crippen LogP contribution in [-0.4, -0.2) is 39.1 Å². The fourth-order valence-electron chi connectivity index (χ4n) is 1.05. The Morgan fingerprint density at radius 1 is 1.07 bits per heavy atom. The van der Waals surface area contributed by atoms with Gasteiger partial charge >= 0.3 is 15.2 Å². The second-order valence-corrected chi connectivity index (χ2v) is 6.43. The van der Waals surface area contributed by atoms with Gasteiger partial charge in [0.15, 0.2) is 0 Å². The van der Waals surface area contributed by atoms with Gasteiger partial charge in [-0.15, -0.1) is 9.79 Å². The van der Waals surface area contributed by atoms with Gasteiger partial charge in [0.05, 0.1) is 12.3 Å². The summed E-state index contributed by atoms with van der Waals surface area (Å²) in [6.45, 7) is -1.21. The van der Waals surface area contributed by atoms with Crippen molar-refractivity contribution in [1.29, 1.82) is 0 Å². The summed E-state index contributed by atoms with van der Waals surface area (Å²) in [5.74, 6) is 0. The third-order valence-corrected chi connectivity index (χ3v) is 4.81. The van der Waals surface area contributed by atoms with Gasteiger partial charge in [-0.3, -0.25) is 9.13 Å². The summed E-state index contributed by atoms with van der Waals surface area (Å²) in [4.78, 5) is 48.7. The standard InChI is InChI=1S/C5H10O8P2/c6-2-1-4(14(8,9)10)5(3-7)15(11,12)13/h2,4-5,7H,1,3H2,(H,8,9)(H,11,12)/t4-,5+/m0/s1. The molecule has 0 aromatic carbocycles. The van der Waals surface area contributed by atoms with E-state index < -0.39 is 39.5 Å². The molecule has 0 saturated heterocycles. The number of rotatable bonds is 6. The fraction of sp³-hybridized carbons (Fsp3) is 0.800. The molecule has 15 heavy (non-hydrogen) atoms. The molecule has 0 aliphatic carbocycles. The van der Waals surface area contributed by atoms with Crippen molar-refractivity contribution < 1.29 is 38.6 Å². The van der Waals surface area contributed by atoms with Crippen LogP contribution >= 0.6 is 15.2 Å². The highest BCUT2D eigenvalue weighted by molar-refractivity contribution is 7.57. The lowest BCUT2D eigenvalue weighted by Gasteiger charge is -2.23. The van der Waals surface area contributed by atoms with E-state index in [4.69, 9.17) is 14.9 Å². The van der Waals surface area contributed by atoms with Gasteiger partial charge in [0.2, 0.25) is 0 Å². The second-order valence-electron chi connectivity index (χ2n) is 2.85. The Bertz CT molecular complexity index is 302. The van der Waals surface area contributed by atoms with Gasteiger partial charge in [0, 0.05) is 6.42 Å². The predicted octanol–water partition coefficient (Wildman–Crippen LogP) is -0.463. The van der Waals surface area contributed by atoms with Crippen LogP contribution in [0.25, 0.3) is 0 Å². The molecule has 2 radical (unpaired) electrons. The molecule has 3 N–H and O–H groups in total. The van der Waals surface area contributed by atoms with Crippen LogP contribution in [0, 0.1) is 0 Å². The summed E-state index contributed by atoms with van der Waals surface area (Å²) in [6, 6.07) is 0. The van der Waals surface area contributed by atoms with E-state index in [1.807, 2.05) is 0 Å². The van der Waals surface area contributed by atoms with Gasteiger partial charge in [0.1, 0.15) is 11.9 Å². The summed E-state index contributed by atoms with van der Waals surface area (Å²) in [7, 11) is -10.3. The first-order valence-corrected chi connectivity index (χ1v) is 7.05. The van der Waals surface area contributed by atoms with Gasteiger partial charge in [-0.05, 0) is 0 Å². The molecule has 0 aromatic heterocycles.